The number of likely N-dealkylation sites (tertiary alicyclic amines) is 1. The summed E-state index contributed by atoms with van der Waals surface area (Å²) < 4.78 is 17.1. The van der Waals surface area contributed by atoms with Gasteiger partial charge in [-0.1, -0.05) is 23.2 Å². The molecule has 2 aliphatic heterocycles. The highest BCUT2D eigenvalue weighted by atomic mass is 35.5. The van der Waals surface area contributed by atoms with Gasteiger partial charge in [-0.3, -0.25) is 9.69 Å². The number of anilines is 1. The summed E-state index contributed by atoms with van der Waals surface area (Å²) in [6.07, 6.45) is 5.70. The molecule has 0 radical (unpaired) electrons. The SMILES string of the molecule is CCOC(=O)[C@@H]1[C@@H]2CCN(Cc3cc(Oc4cnc(N5CCCN(C(=O)OC(C)(C)C)CC5)nc4)nc(-c4cc(Cl)cc(Cl)c4)c3)CC[C@@H]21. The van der Waals surface area contributed by atoms with E-state index in [1.807, 2.05) is 52.0 Å². The van der Waals surface area contributed by atoms with E-state index in [-0.39, 0.29) is 18.0 Å². The minimum atomic E-state index is -0.540. The third kappa shape index (κ3) is 9.12. The number of rotatable bonds is 8. The first-order valence-corrected chi connectivity index (χ1v) is 17.8. The molecule has 1 amide bonds. The number of ether oxygens (including phenoxy) is 3. The van der Waals surface area contributed by atoms with E-state index in [9.17, 15) is 9.59 Å². The lowest BCUT2D eigenvalue weighted by Gasteiger charge is -2.26. The number of benzene rings is 1. The fourth-order valence-corrected chi connectivity index (χ4v) is 7.36. The van der Waals surface area contributed by atoms with Crippen LogP contribution in [0.25, 0.3) is 11.3 Å². The van der Waals surface area contributed by atoms with Gasteiger partial charge < -0.3 is 24.0 Å². The molecule has 1 saturated carbocycles. The maximum Gasteiger partial charge on any atom is 0.410 e. The summed E-state index contributed by atoms with van der Waals surface area (Å²) in [5.41, 5.74) is 1.97. The molecule has 1 aliphatic carbocycles. The number of amides is 1. The topological polar surface area (TPSA) is 110 Å². The fourth-order valence-electron chi connectivity index (χ4n) is 6.84. The highest BCUT2D eigenvalue weighted by molar-refractivity contribution is 6.35. The molecular formula is C36H44Cl2N6O5. The average Bonchev–Trinajstić information content (AvgIpc) is 3.81. The van der Waals surface area contributed by atoms with E-state index in [0.717, 1.165) is 50.0 Å². The lowest BCUT2D eigenvalue weighted by molar-refractivity contribution is -0.145. The Labute approximate surface area is 297 Å². The van der Waals surface area contributed by atoms with Crippen LogP contribution in [0.1, 0.15) is 52.5 Å². The standard InChI is InChI=1S/C36H44Cl2N6O5/c1-5-47-33(45)32-28-7-11-42(12-8-29(28)32)22-23-15-30(24-17-25(37)19-26(38)18-24)41-31(16-23)48-27-20-39-34(40-21-27)43-9-6-10-44(14-13-43)35(46)49-36(2,3)4/h15-21,28-29,32H,5-14,22H2,1-4H3/t28-,29+,32-. The number of halogens is 2. The molecule has 262 valence electrons. The largest absolute Gasteiger partial charge is 0.466 e. The maximum atomic E-state index is 12.6. The van der Waals surface area contributed by atoms with Crippen LogP contribution in [0.5, 0.6) is 11.6 Å². The van der Waals surface area contributed by atoms with Crippen molar-refractivity contribution in [1.82, 2.24) is 24.8 Å². The molecule has 11 nitrogen and oxygen atoms in total. The van der Waals surface area contributed by atoms with Crippen LogP contribution in [-0.2, 0) is 20.8 Å². The van der Waals surface area contributed by atoms with Gasteiger partial charge in [-0.15, -0.1) is 0 Å². The average molecular weight is 712 g/mol. The Bertz CT molecular complexity index is 1620. The van der Waals surface area contributed by atoms with Crippen LogP contribution in [0.4, 0.5) is 10.7 Å². The third-order valence-corrected chi connectivity index (χ3v) is 9.58. The normalized spacial score (nSPS) is 21.3. The summed E-state index contributed by atoms with van der Waals surface area (Å²) in [5, 5.41) is 1.04. The van der Waals surface area contributed by atoms with E-state index in [4.69, 9.17) is 42.4 Å². The lowest BCUT2D eigenvalue weighted by atomic mass is 10.1. The quantitative estimate of drug-likeness (QED) is 0.224. The zero-order valence-corrected chi connectivity index (χ0v) is 30.0. The zero-order valence-electron chi connectivity index (χ0n) is 28.5. The van der Waals surface area contributed by atoms with Gasteiger partial charge in [0.25, 0.3) is 0 Å². The Morgan fingerprint density at radius 3 is 2.24 bits per heavy atom. The van der Waals surface area contributed by atoms with E-state index >= 15 is 0 Å². The predicted molar refractivity (Wildman–Crippen MR) is 188 cm³/mol. The molecule has 0 bridgehead atoms. The third-order valence-electron chi connectivity index (χ3n) is 9.14. The molecule has 3 fully saturated rings. The molecule has 13 heteroatoms. The molecule has 2 saturated heterocycles. The first-order valence-electron chi connectivity index (χ1n) is 17.0. The van der Waals surface area contributed by atoms with Crippen molar-refractivity contribution in [1.29, 1.82) is 0 Å². The lowest BCUT2D eigenvalue weighted by Crippen LogP contribution is -2.39. The van der Waals surface area contributed by atoms with Gasteiger partial charge in [0.2, 0.25) is 11.8 Å². The highest BCUT2D eigenvalue weighted by Gasteiger charge is 2.55. The van der Waals surface area contributed by atoms with Gasteiger partial charge in [-0.05, 0) is 102 Å². The van der Waals surface area contributed by atoms with Gasteiger partial charge >= 0.3 is 12.1 Å². The number of aromatic nitrogens is 3. The zero-order chi connectivity index (χ0) is 34.7. The van der Waals surface area contributed by atoms with E-state index < -0.39 is 5.60 Å². The first kappa shape index (κ1) is 35.2. The molecule has 3 aromatic rings. The molecule has 6 rings (SSSR count). The van der Waals surface area contributed by atoms with Crippen molar-refractivity contribution in [3.05, 3.63) is 58.3 Å². The van der Waals surface area contributed by atoms with Crippen molar-refractivity contribution >= 4 is 41.2 Å². The van der Waals surface area contributed by atoms with Crippen molar-refractivity contribution in [3.63, 3.8) is 0 Å². The van der Waals surface area contributed by atoms with Crippen LogP contribution in [0.15, 0.2) is 42.7 Å². The number of esters is 1. The molecule has 49 heavy (non-hydrogen) atoms. The Balaban J connectivity index is 1.14. The Hall–Kier alpha value is -3.67. The second kappa shape index (κ2) is 15.1. The van der Waals surface area contributed by atoms with E-state index in [0.29, 0.717) is 77.9 Å². The summed E-state index contributed by atoms with van der Waals surface area (Å²) in [6.45, 7) is 12.8. The van der Waals surface area contributed by atoms with Gasteiger partial charge in [0.15, 0.2) is 5.75 Å². The van der Waals surface area contributed by atoms with Gasteiger partial charge in [-0.25, -0.2) is 19.7 Å². The van der Waals surface area contributed by atoms with Crippen LogP contribution in [0, 0.1) is 17.8 Å². The van der Waals surface area contributed by atoms with Crippen LogP contribution >= 0.6 is 23.2 Å². The van der Waals surface area contributed by atoms with Crippen LogP contribution in [0.3, 0.4) is 0 Å². The van der Waals surface area contributed by atoms with Crippen LogP contribution in [-0.4, -0.2) is 88.3 Å². The predicted octanol–water partition coefficient (Wildman–Crippen LogP) is 7.11. The van der Waals surface area contributed by atoms with Gasteiger partial charge in [-0.2, -0.15) is 0 Å². The van der Waals surface area contributed by atoms with Gasteiger partial charge in [0, 0.05) is 54.4 Å². The number of fused-ring (bicyclic) bond motifs is 1. The summed E-state index contributed by atoms with van der Waals surface area (Å²) in [5.74, 6) is 2.26. The van der Waals surface area contributed by atoms with E-state index in [1.54, 1.807) is 23.4 Å². The number of hydrogen-bond acceptors (Lipinski definition) is 10. The van der Waals surface area contributed by atoms with Gasteiger partial charge in [0.1, 0.15) is 5.60 Å². The minimum absolute atomic E-state index is 0.0417. The van der Waals surface area contributed by atoms with Gasteiger partial charge in [0.05, 0.1) is 30.6 Å². The number of nitrogens with zero attached hydrogens (tertiary/aromatic N) is 6. The number of hydrogen-bond donors (Lipinski definition) is 0. The number of pyridine rings is 1. The summed E-state index contributed by atoms with van der Waals surface area (Å²) in [6, 6.07) is 9.35. The second-order valence-electron chi connectivity index (χ2n) is 13.9. The molecule has 3 atom stereocenters. The highest BCUT2D eigenvalue weighted by Crippen LogP contribution is 2.53. The van der Waals surface area contributed by atoms with E-state index in [1.165, 1.54) is 0 Å². The summed E-state index contributed by atoms with van der Waals surface area (Å²) >= 11 is 12.7. The van der Waals surface area contributed by atoms with Crippen molar-refractivity contribution < 1.29 is 23.8 Å². The van der Waals surface area contributed by atoms with E-state index in [2.05, 4.69) is 19.8 Å². The number of carbonyl (C=O) groups is 2. The molecule has 2 aromatic heterocycles. The Kier molecular flexibility index (Phi) is 10.8. The smallest absolute Gasteiger partial charge is 0.410 e. The monoisotopic (exact) mass is 710 g/mol. The minimum Gasteiger partial charge on any atom is -0.466 e. The first-order chi connectivity index (χ1) is 23.5. The fraction of sp³-hybridized carbons (Fsp3) is 0.528. The molecule has 0 N–H and O–H groups in total. The Morgan fingerprint density at radius 1 is 0.898 bits per heavy atom. The molecule has 0 spiro atoms. The van der Waals surface area contributed by atoms with Crippen LogP contribution < -0.4 is 9.64 Å². The van der Waals surface area contributed by atoms with Crippen molar-refractivity contribution in [2.75, 3.05) is 50.8 Å². The molecule has 1 aromatic carbocycles. The molecule has 0 unspecified atom stereocenters. The summed E-state index contributed by atoms with van der Waals surface area (Å²) in [7, 11) is 0. The molecule has 4 heterocycles. The van der Waals surface area contributed by atoms with Crippen molar-refractivity contribution in [2.45, 2.75) is 59.1 Å². The number of carbonyl (C=O) groups excluding carboxylic acids is 2. The summed E-state index contributed by atoms with van der Waals surface area (Å²) in [4.78, 5) is 45.2. The van der Waals surface area contributed by atoms with Crippen molar-refractivity contribution in [3.8, 4) is 22.9 Å². The maximum absolute atomic E-state index is 12.6. The Morgan fingerprint density at radius 2 is 1.59 bits per heavy atom. The molecule has 3 aliphatic rings. The molecular weight excluding hydrogens is 667 g/mol. The van der Waals surface area contributed by atoms with Crippen molar-refractivity contribution in [2.24, 2.45) is 17.8 Å². The second-order valence-corrected chi connectivity index (χ2v) is 14.8. The van der Waals surface area contributed by atoms with Crippen LogP contribution in [0.2, 0.25) is 10.0 Å².